The third-order valence-electron chi connectivity index (χ3n) is 5.76. The Morgan fingerprint density at radius 3 is 2.31 bits per heavy atom. The van der Waals surface area contributed by atoms with Gasteiger partial charge >= 0.3 is 0 Å². The van der Waals surface area contributed by atoms with Crippen molar-refractivity contribution in [3.8, 4) is 0 Å². The van der Waals surface area contributed by atoms with Crippen LogP contribution in [0.15, 0.2) is 42.5 Å². The van der Waals surface area contributed by atoms with E-state index < -0.39 is 21.6 Å². The number of benzene rings is 2. The molecule has 0 saturated carbocycles. The van der Waals surface area contributed by atoms with Gasteiger partial charge in [-0.2, -0.15) is 0 Å². The summed E-state index contributed by atoms with van der Waals surface area (Å²) < 4.78 is 26.4. The van der Waals surface area contributed by atoms with Crippen LogP contribution >= 0.6 is 11.6 Å². The van der Waals surface area contributed by atoms with Crippen molar-refractivity contribution in [1.29, 1.82) is 0 Å². The third-order valence-corrected chi connectivity index (χ3v) is 7.35. The number of halogens is 1. The lowest BCUT2D eigenvalue weighted by molar-refractivity contribution is -0.141. The van der Waals surface area contributed by atoms with E-state index in [4.69, 9.17) is 11.6 Å². The lowest BCUT2D eigenvalue weighted by Crippen LogP contribution is -2.52. The van der Waals surface area contributed by atoms with Crippen molar-refractivity contribution in [2.75, 3.05) is 17.1 Å². The predicted octanol–water partition coefficient (Wildman–Crippen LogP) is 4.84. The Labute approximate surface area is 220 Å². The molecule has 7 nitrogen and oxygen atoms in total. The molecule has 0 aromatic heterocycles. The molecule has 0 unspecified atom stereocenters. The highest BCUT2D eigenvalue weighted by Crippen LogP contribution is 2.28. The quantitative estimate of drug-likeness (QED) is 0.472. The molecule has 0 radical (unpaired) electrons. The Bertz CT molecular complexity index is 1190. The van der Waals surface area contributed by atoms with Crippen LogP contribution in [0.2, 0.25) is 5.02 Å². The Morgan fingerprint density at radius 2 is 1.72 bits per heavy atom. The summed E-state index contributed by atoms with van der Waals surface area (Å²) in [6.45, 7) is 11.5. The van der Waals surface area contributed by atoms with Crippen LogP contribution in [0.1, 0.15) is 57.2 Å². The highest BCUT2D eigenvalue weighted by molar-refractivity contribution is 7.92. The molecule has 1 atom stereocenters. The number of aryl methyl sites for hydroxylation is 1. The van der Waals surface area contributed by atoms with Crippen LogP contribution in [0, 0.1) is 13.8 Å². The second-order valence-electron chi connectivity index (χ2n) is 10.2. The van der Waals surface area contributed by atoms with Gasteiger partial charge in [-0.25, -0.2) is 8.42 Å². The average molecular weight is 536 g/mol. The molecule has 2 aromatic rings. The number of carbonyl (C=O) groups is 2. The first kappa shape index (κ1) is 29.6. The van der Waals surface area contributed by atoms with Gasteiger partial charge in [0.15, 0.2) is 0 Å². The van der Waals surface area contributed by atoms with Crippen molar-refractivity contribution in [2.45, 2.75) is 72.5 Å². The average Bonchev–Trinajstić information content (AvgIpc) is 2.75. The molecule has 0 saturated heterocycles. The van der Waals surface area contributed by atoms with Crippen LogP contribution in [0.25, 0.3) is 0 Å². The van der Waals surface area contributed by atoms with Crippen LogP contribution < -0.4 is 9.62 Å². The number of hydrogen-bond acceptors (Lipinski definition) is 4. The minimum Gasteiger partial charge on any atom is -0.350 e. The van der Waals surface area contributed by atoms with E-state index in [1.54, 1.807) is 36.9 Å². The molecule has 0 fully saturated rings. The van der Waals surface area contributed by atoms with E-state index in [-0.39, 0.29) is 37.7 Å². The zero-order valence-corrected chi connectivity index (χ0v) is 23.8. The Balaban J connectivity index is 2.23. The summed E-state index contributed by atoms with van der Waals surface area (Å²) >= 11 is 6.21. The summed E-state index contributed by atoms with van der Waals surface area (Å²) in [7, 11) is -3.59. The number of rotatable bonds is 10. The molecule has 0 heterocycles. The first-order chi connectivity index (χ1) is 16.6. The largest absolute Gasteiger partial charge is 0.350 e. The predicted molar refractivity (Wildman–Crippen MR) is 147 cm³/mol. The topological polar surface area (TPSA) is 86.8 Å². The molecule has 198 valence electrons. The fourth-order valence-corrected chi connectivity index (χ4v) is 5.10. The number of sulfonamides is 1. The van der Waals surface area contributed by atoms with Gasteiger partial charge in [0.2, 0.25) is 21.8 Å². The van der Waals surface area contributed by atoms with Crippen LogP contribution in [-0.4, -0.2) is 49.5 Å². The van der Waals surface area contributed by atoms with E-state index in [0.29, 0.717) is 16.3 Å². The maximum absolute atomic E-state index is 13.4. The van der Waals surface area contributed by atoms with Crippen molar-refractivity contribution in [3.63, 3.8) is 0 Å². The van der Waals surface area contributed by atoms with Crippen molar-refractivity contribution >= 4 is 39.1 Å². The molecule has 0 bridgehead atoms. The monoisotopic (exact) mass is 535 g/mol. The summed E-state index contributed by atoms with van der Waals surface area (Å²) in [5.41, 5.74) is 2.70. The van der Waals surface area contributed by atoms with E-state index in [0.717, 1.165) is 17.4 Å². The number of amides is 2. The van der Waals surface area contributed by atoms with E-state index >= 15 is 0 Å². The Hall–Kier alpha value is -2.58. The number of carbonyl (C=O) groups excluding carboxylic acids is 2. The first-order valence-corrected chi connectivity index (χ1v) is 14.2. The molecule has 0 spiro atoms. The van der Waals surface area contributed by atoms with Gasteiger partial charge < -0.3 is 10.2 Å². The van der Waals surface area contributed by atoms with E-state index in [1.165, 1.54) is 4.31 Å². The zero-order valence-electron chi connectivity index (χ0n) is 22.3. The van der Waals surface area contributed by atoms with Crippen LogP contribution in [0.4, 0.5) is 5.69 Å². The normalized spacial score (nSPS) is 12.7. The molecule has 0 aliphatic heterocycles. The van der Waals surface area contributed by atoms with Crippen molar-refractivity contribution < 1.29 is 18.0 Å². The molecule has 36 heavy (non-hydrogen) atoms. The summed E-state index contributed by atoms with van der Waals surface area (Å²) in [6.07, 6.45) is 1.51. The van der Waals surface area contributed by atoms with Gasteiger partial charge in [-0.1, -0.05) is 47.5 Å². The molecular weight excluding hydrogens is 498 g/mol. The molecule has 2 aromatic carbocycles. The highest BCUT2D eigenvalue weighted by Gasteiger charge is 2.29. The van der Waals surface area contributed by atoms with Crippen LogP contribution in [-0.2, 0) is 26.2 Å². The summed E-state index contributed by atoms with van der Waals surface area (Å²) in [5.74, 6) is -0.458. The van der Waals surface area contributed by atoms with Gasteiger partial charge in [-0.3, -0.25) is 13.9 Å². The smallest absolute Gasteiger partial charge is 0.242 e. The number of anilines is 1. The molecule has 2 rings (SSSR count). The maximum Gasteiger partial charge on any atom is 0.242 e. The zero-order chi connectivity index (χ0) is 27.3. The number of nitrogens with zero attached hydrogens (tertiary/aromatic N) is 2. The molecule has 9 heteroatoms. The minimum atomic E-state index is -3.59. The van der Waals surface area contributed by atoms with Crippen molar-refractivity contribution in [1.82, 2.24) is 10.2 Å². The second kappa shape index (κ2) is 12.1. The van der Waals surface area contributed by atoms with Crippen LogP contribution in [0.5, 0.6) is 0 Å². The van der Waals surface area contributed by atoms with Gasteiger partial charge in [0.1, 0.15) is 6.04 Å². The van der Waals surface area contributed by atoms with Gasteiger partial charge in [0.25, 0.3) is 0 Å². The Kier molecular flexibility index (Phi) is 9.97. The molecule has 0 aliphatic carbocycles. The van der Waals surface area contributed by atoms with Gasteiger partial charge in [-0.05, 0) is 71.2 Å². The minimum absolute atomic E-state index is 0.0879. The van der Waals surface area contributed by atoms with Crippen LogP contribution in [0.3, 0.4) is 0 Å². The molecule has 1 N–H and O–H groups in total. The van der Waals surface area contributed by atoms with Crippen molar-refractivity contribution in [2.24, 2.45) is 0 Å². The third kappa shape index (κ3) is 8.52. The van der Waals surface area contributed by atoms with E-state index in [9.17, 15) is 18.0 Å². The summed E-state index contributed by atoms with van der Waals surface area (Å²) in [5, 5.41) is 3.42. The Morgan fingerprint density at radius 1 is 1.08 bits per heavy atom. The van der Waals surface area contributed by atoms with E-state index in [1.807, 2.05) is 52.0 Å². The number of hydrogen-bond donors (Lipinski definition) is 1. The van der Waals surface area contributed by atoms with Gasteiger partial charge in [0.05, 0.1) is 11.9 Å². The summed E-state index contributed by atoms with van der Waals surface area (Å²) in [6, 6.07) is 12.2. The fourth-order valence-electron chi connectivity index (χ4n) is 3.91. The SMILES string of the molecule is Cc1cccc(CN(C(=O)CCCN(c2cccc(Cl)c2C)S(C)(=O)=O)[C@@H](C)C(=O)NC(C)(C)C)c1. The lowest BCUT2D eigenvalue weighted by atomic mass is 10.1. The lowest BCUT2D eigenvalue weighted by Gasteiger charge is -2.32. The fraction of sp³-hybridized carbons (Fsp3) is 0.481. The molecular formula is C27H38ClN3O4S. The molecule has 2 amide bonds. The first-order valence-electron chi connectivity index (χ1n) is 12.0. The maximum atomic E-state index is 13.4. The number of nitrogens with one attached hydrogen (secondary N) is 1. The van der Waals surface area contributed by atoms with Gasteiger partial charge in [0, 0.05) is 30.1 Å². The van der Waals surface area contributed by atoms with Gasteiger partial charge in [-0.15, -0.1) is 0 Å². The van der Waals surface area contributed by atoms with Crippen molar-refractivity contribution in [3.05, 3.63) is 64.2 Å². The molecule has 0 aliphatic rings. The summed E-state index contributed by atoms with van der Waals surface area (Å²) in [4.78, 5) is 27.9. The second-order valence-corrected chi connectivity index (χ2v) is 12.6. The standard InChI is InChI=1S/C27H38ClN3O4S/c1-19-11-8-12-22(17-19)18-30(21(3)26(33)29-27(4,5)6)25(32)15-10-16-31(36(7,34)35)24-14-9-13-23(28)20(24)2/h8-9,11-14,17,21H,10,15-16,18H2,1-7H3,(H,29,33)/t21-/m0/s1. The highest BCUT2D eigenvalue weighted by atomic mass is 35.5. The van der Waals surface area contributed by atoms with E-state index in [2.05, 4.69) is 5.32 Å².